The van der Waals surface area contributed by atoms with Gasteiger partial charge in [-0.25, -0.2) is 0 Å². The minimum Gasteiger partial charge on any atom is -0.477 e. The third-order valence-corrected chi connectivity index (χ3v) is 5.43. The van der Waals surface area contributed by atoms with Gasteiger partial charge in [-0.05, 0) is 36.6 Å². The van der Waals surface area contributed by atoms with E-state index in [1.165, 1.54) is 10.9 Å². The second-order valence-electron chi connectivity index (χ2n) is 7.71. The predicted molar refractivity (Wildman–Crippen MR) is 121 cm³/mol. The number of aromatic amines is 1. The third-order valence-electron chi connectivity index (χ3n) is 5.43. The molecular weight excluding hydrogens is 392 g/mol. The topological polar surface area (TPSA) is 86.5 Å². The first-order valence-electron chi connectivity index (χ1n) is 10.8. The van der Waals surface area contributed by atoms with Crippen LogP contribution >= 0.6 is 0 Å². The molecule has 7 nitrogen and oxygen atoms in total. The number of rotatable bonds is 8. The number of hydrogen-bond acceptors (Lipinski definition) is 4. The van der Waals surface area contributed by atoms with Gasteiger partial charge < -0.3 is 25.3 Å². The van der Waals surface area contributed by atoms with Gasteiger partial charge in [0.05, 0.1) is 18.8 Å². The number of nitrogens with one attached hydrogen (secondary N) is 3. The SMILES string of the molecule is CCCNC(=O)[C@@H]1CN(CC(=O)NCCc2c[nH]c3ccccc23)c2ccccc2O1. The molecule has 0 saturated heterocycles. The van der Waals surface area contributed by atoms with E-state index in [2.05, 4.69) is 21.7 Å². The lowest BCUT2D eigenvalue weighted by Crippen LogP contribution is -2.51. The number of hydrogen-bond donors (Lipinski definition) is 3. The molecule has 2 heterocycles. The van der Waals surface area contributed by atoms with Gasteiger partial charge >= 0.3 is 0 Å². The largest absolute Gasteiger partial charge is 0.477 e. The fourth-order valence-corrected chi connectivity index (χ4v) is 3.86. The highest BCUT2D eigenvalue weighted by molar-refractivity contribution is 5.86. The average molecular weight is 421 g/mol. The molecule has 0 radical (unpaired) electrons. The van der Waals surface area contributed by atoms with Gasteiger partial charge in [0.15, 0.2) is 6.10 Å². The fraction of sp³-hybridized carbons (Fsp3) is 0.333. The number of carbonyl (C=O) groups excluding carboxylic acids is 2. The van der Waals surface area contributed by atoms with Gasteiger partial charge in [0.25, 0.3) is 5.91 Å². The Morgan fingerprint density at radius 1 is 1.10 bits per heavy atom. The van der Waals surface area contributed by atoms with E-state index in [9.17, 15) is 9.59 Å². The summed E-state index contributed by atoms with van der Waals surface area (Å²) in [5.41, 5.74) is 3.11. The van der Waals surface area contributed by atoms with Gasteiger partial charge in [-0.3, -0.25) is 9.59 Å². The molecule has 0 aliphatic carbocycles. The van der Waals surface area contributed by atoms with Crippen molar-refractivity contribution in [3.8, 4) is 5.75 Å². The van der Waals surface area contributed by atoms with Crippen LogP contribution in [0.1, 0.15) is 18.9 Å². The Kier molecular flexibility index (Phi) is 6.40. The zero-order valence-electron chi connectivity index (χ0n) is 17.7. The molecule has 3 aromatic rings. The van der Waals surface area contributed by atoms with Crippen molar-refractivity contribution < 1.29 is 14.3 Å². The molecule has 1 atom stereocenters. The minimum atomic E-state index is -0.638. The molecule has 0 saturated carbocycles. The van der Waals surface area contributed by atoms with Gasteiger partial charge in [-0.15, -0.1) is 0 Å². The second kappa shape index (κ2) is 9.55. The van der Waals surface area contributed by atoms with E-state index in [-0.39, 0.29) is 18.4 Å². The summed E-state index contributed by atoms with van der Waals surface area (Å²) in [6.45, 7) is 3.67. The first kappa shape index (κ1) is 20.8. The summed E-state index contributed by atoms with van der Waals surface area (Å²) in [5.74, 6) is 0.391. The van der Waals surface area contributed by atoms with Crippen molar-refractivity contribution >= 4 is 28.4 Å². The number of anilines is 1. The Bertz CT molecular complexity index is 1060. The molecular formula is C24H28N4O3. The maximum Gasteiger partial charge on any atom is 0.262 e. The van der Waals surface area contributed by atoms with Gasteiger partial charge in [0, 0.05) is 30.2 Å². The second-order valence-corrected chi connectivity index (χ2v) is 7.71. The third kappa shape index (κ3) is 4.82. The van der Waals surface area contributed by atoms with Crippen LogP contribution < -0.4 is 20.3 Å². The first-order chi connectivity index (χ1) is 15.2. The smallest absolute Gasteiger partial charge is 0.262 e. The monoisotopic (exact) mass is 420 g/mol. The molecule has 7 heteroatoms. The first-order valence-corrected chi connectivity index (χ1v) is 10.8. The van der Waals surface area contributed by atoms with Crippen molar-refractivity contribution in [2.45, 2.75) is 25.9 Å². The molecule has 2 aromatic carbocycles. The summed E-state index contributed by atoms with van der Waals surface area (Å²) in [6, 6.07) is 15.6. The fourth-order valence-electron chi connectivity index (χ4n) is 3.86. The van der Waals surface area contributed by atoms with Crippen LogP contribution in [-0.2, 0) is 16.0 Å². The minimum absolute atomic E-state index is 0.0794. The number of fused-ring (bicyclic) bond motifs is 2. The number of H-pyrrole nitrogens is 1. The lowest BCUT2D eigenvalue weighted by Gasteiger charge is -2.35. The Morgan fingerprint density at radius 2 is 1.90 bits per heavy atom. The highest BCUT2D eigenvalue weighted by atomic mass is 16.5. The molecule has 1 aliphatic heterocycles. The zero-order valence-corrected chi connectivity index (χ0v) is 17.7. The molecule has 0 spiro atoms. The van der Waals surface area contributed by atoms with E-state index in [1.807, 2.05) is 60.5 Å². The molecule has 4 rings (SSSR count). The van der Waals surface area contributed by atoms with Crippen LogP contribution in [0.5, 0.6) is 5.75 Å². The predicted octanol–water partition coefficient (Wildman–Crippen LogP) is 2.62. The molecule has 1 aliphatic rings. The van der Waals surface area contributed by atoms with E-state index in [0.717, 1.165) is 24.0 Å². The van der Waals surface area contributed by atoms with Crippen molar-refractivity contribution in [3.63, 3.8) is 0 Å². The lowest BCUT2D eigenvalue weighted by atomic mass is 10.1. The summed E-state index contributed by atoms with van der Waals surface area (Å²) >= 11 is 0. The van der Waals surface area contributed by atoms with Gasteiger partial charge in [-0.2, -0.15) is 0 Å². The van der Waals surface area contributed by atoms with Crippen LogP contribution in [0.25, 0.3) is 10.9 Å². The number of aromatic nitrogens is 1. The quantitative estimate of drug-likeness (QED) is 0.523. The highest BCUT2D eigenvalue weighted by Crippen LogP contribution is 2.32. The van der Waals surface area contributed by atoms with Crippen LogP contribution in [0.3, 0.4) is 0 Å². The van der Waals surface area contributed by atoms with Crippen LogP contribution in [0.2, 0.25) is 0 Å². The Labute approximate surface area is 181 Å². The molecule has 3 N–H and O–H groups in total. The number of nitrogens with zero attached hydrogens (tertiary/aromatic N) is 1. The van der Waals surface area contributed by atoms with Crippen molar-refractivity contribution in [2.24, 2.45) is 0 Å². The van der Waals surface area contributed by atoms with Crippen LogP contribution in [-0.4, -0.2) is 49.1 Å². The number of amides is 2. The summed E-state index contributed by atoms with van der Waals surface area (Å²) < 4.78 is 5.88. The van der Waals surface area contributed by atoms with Crippen molar-refractivity contribution in [1.82, 2.24) is 15.6 Å². The van der Waals surface area contributed by atoms with Gasteiger partial charge in [-0.1, -0.05) is 37.3 Å². The Hall–Kier alpha value is -3.48. The standard InChI is InChI=1S/C24H28N4O3/c1-2-12-26-24(30)22-15-28(20-9-5-6-10-21(20)31-22)16-23(29)25-13-11-17-14-27-19-8-4-3-7-18(17)19/h3-10,14,22,27H,2,11-13,15-16H2,1H3,(H,25,29)(H,26,30)/t22-/m0/s1. The van der Waals surface area contributed by atoms with E-state index in [4.69, 9.17) is 4.74 Å². The normalized spacial score (nSPS) is 15.3. The Morgan fingerprint density at radius 3 is 2.77 bits per heavy atom. The molecule has 0 unspecified atom stereocenters. The van der Waals surface area contributed by atoms with Crippen LogP contribution in [0.4, 0.5) is 5.69 Å². The average Bonchev–Trinajstić information content (AvgIpc) is 3.20. The Balaban J connectivity index is 1.36. The summed E-state index contributed by atoms with van der Waals surface area (Å²) in [7, 11) is 0. The molecule has 0 bridgehead atoms. The van der Waals surface area contributed by atoms with E-state index in [0.29, 0.717) is 25.4 Å². The number of benzene rings is 2. The van der Waals surface area contributed by atoms with Gasteiger partial charge in [0.1, 0.15) is 5.75 Å². The number of carbonyl (C=O) groups is 2. The summed E-state index contributed by atoms with van der Waals surface area (Å²) in [6.07, 6.45) is 2.96. The highest BCUT2D eigenvalue weighted by Gasteiger charge is 2.31. The maximum atomic E-state index is 12.7. The molecule has 2 amide bonds. The molecule has 31 heavy (non-hydrogen) atoms. The lowest BCUT2D eigenvalue weighted by molar-refractivity contribution is -0.128. The van der Waals surface area contributed by atoms with E-state index in [1.54, 1.807) is 0 Å². The number of para-hydroxylation sites is 3. The van der Waals surface area contributed by atoms with Crippen molar-refractivity contribution in [3.05, 3.63) is 60.3 Å². The van der Waals surface area contributed by atoms with Crippen LogP contribution in [0, 0.1) is 0 Å². The van der Waals surface area contributed by atoms with Crippen molar-refractivity contribution in [1.29, 1.82) is 0 Å². The van der Waals surface area contributed by atoms with E-state index >= 15 is 0 Å². The summed E-state index contributed by atoms with van der Waals surface area (Å²) in [5, 5.41) is 7.06. The van der Waals surface area contributed by atoms with Gasteiger partial charge in [0.2, 0.25) is 5.91 Å². The molecule has 1 aromatic heterocycles. The van der Waals surface area contributed by atoms with E-state index < -0.39 is 6.10 Å². The zero-order chi connectivity index (χ0) is 21.6. The number of ether oxygens (including phenoxy) is 1. The maximum absolute atomic E-state index is 12.7. The molecule has 162 valence electrons. The van der Waals surface area contributed by atoms with Crippen molar-refractivity contribution in [2.75, 3.05) is 31.1 Å². The molecule has 0 fully saturated rings. The summed E-state index contributed by atoms with van der Waals surface area (Å²) in [4.78, 5) is 30.3. The van der Waals surface area contributed by atoms with Crippen LogP contribution in [0.15, 0.2) is 54.7 Å².